The highest BCUT2D eigenvalue weighted by atomic mass is 35.5. The predicted molar refractivity (Wildman–Crippen MR) is 266 cm³/mol. The number of alkyl halides is 6. The third-order valence-electron chi connectivity index (χ3n) is 12.8. The SMILES string of the molecule is NN1CCCCC1.O=C(NN1CCCCC1)c1cn(C[C@@H]2OC(=O)N(c3ccc(Cl)cc3)[C@H]2c2cc(F)cc(C(F)(F)F)c2)nn1.O=C(O)c1cn(C[C@@H]2OC(=O)N(c3ccc(Cl)cc3)[C@H]2c2cc(F)cc(C(F)(F)F)c2)nn1. The molecule has 0 saturated carbocycles. The van der Waals surface area contributed by atoms with Gasteiger partial charge in [-0.15, -0.1) is 10.2 Å². The molecule has 2 aromatic heterocycles. The maximum atomic E-state index is 14.4. The second kappa shape index (κ2) is 24.7. The number of hydrazine groups is 2. The first-order chi connectivity index (χ1) is 37.5. The van der Waals surface area contributed by atoms with E-state index in [2.05, 4.69) is 26.0 Å². The number of ether oxygens (including phenoxy) is 2. The lowest BCUT2D eigenvalue weighted by atomic mass is 9.97. The van der Waals surface area contributed by atoms with Gasteiger partial charge in [0.1, 0.15) is 35.9 Å². The highest BCUT2D eigenvalue weighted by molar-refractivity contribution is 6.31. The molecule has 19 nitrogen and oxygen atoms in total. The van der Waals surface area contributed by atoms with E-state index in [1.807, 2.05) is 5.01 Å². The Bertz CT molecular complexity index is 3120. The number of anilines is 2. The number of carbonyl (C=O) groups excluding carboxylic acids is 3. The summed E-state index contributed by atoms with van der Waals surface area (Å²) in [4.78, 5) is 51.6. The number of carboxylic acid groups (broad SMARTS) is 1. The molecule has 0 bridgehead atoms. The van der Waals surface area contributed by atoms with Crippen LogP contribution in [-0.4, -0.2) is 108 Å². The van der Waals surface area contributed by atoms with Crippen LogP contribution in [0.15, 0.2) is 97.3 Å². The summed E-state index contributed by atoms with van der Waals surface area (Å²) < 4.78 is 122. The Morgan fingerprint density at radius 2 is 1.03 bits per heavy atom. The smallest absolute Gasteiger partial charge is 0.416 e. The summed E-state index contributed by atoms with van der Waals surface area (Å²) in [6.07, 6.45) is -4.28. The molecule has 3 amide bonds. The summed E-state index contributed by atoms with van der Waals surface area (Å²) >= 11 is 11.8. The number of hydrogen-bond acceptors (Lipinski definition) is 13. The van der Waals surface area contributed by atoms with Crippen LogP contribution in [-0.2, 0) is 34.9 Å². The van der Waals surface area contributed by atoms with Gasteiger partial charge in [0.05, 0.1) is 36.6 Å². The number of aromatic nitrogens is 6. The van der Waals surface area contributed by atoms with E-state index in [1.165, 1.54) is 78.7 Å². The van der Waals surface area contributed by atoms with Crippen LogP contribution in [0.2, 0.25) is 10.0 Å². The van der Waals surface area contributed by atoms with E-state index in [4.69, 9.17) is 43.6 Å². The number of piperidine rings is 2. The number of aromatic carboxylic acids is 1. The van der Waals surface area contributed by atoms with Gasteiger partial charge in [0.15, 0.2) is 11.4 Å². The fraction of sp³-hybridized carbons (Fsp3) is 0.360. The summed E-state index contributed by atoms with van der Waals surface area (Å²) in [7, 11) is 0. The number of nitrogens with zero attached hydrogens (tertiary/aromatic N) is 10. The lowest BCUT2D eigenvalue weighted by molar-refractivity contribution is -0.138. The van der Waals surface area contributed by atoms with Crippen LogP contribution in [0.4, 0.5) is 56.1 Å². The van der Waals surface area contributed by atoms with Crippen molar-refractivity contribution in [3.63, 3.8) is 0 Å². The Labute approximate surface area is 454 Å². The van der Waals surface area contributed by atoms with Crippen molar-refractivity contribution >= 4 is 58.6 Å². The molecule has 6 heterocycles. The largest absolute Gasteiger partial charge is 0.476 e. The molecule has 4 atom stereocenters. The van der Waals surface area contributed by atoms with E-state index in [0.717, 1.165) is 77.3 Å². The second-order valence-corrected chi connectivity index (χ2v) is 19.4. The molecule has 420 valence electrons. The van der Waals surface area contributed by atoms with Gasteiger partial charge in [0.2, 0.25) is 0 Å². The van der Waals surface area contributed by atoms with E-state index >= 15 is 0 Å². The minimum atomic E-state index is -4.83. The van der Waals surface area contributed by atoms with Crippen molar-refractivity contribution in [1.29, 1.82) is 0 Å². The van der Waals surface area contributed by atoms with Crippen molar-refractivity contribution in [3.05, 3.63) is 153 Å². The standard InChI is InChI=1S/C25H23ClF4N6O3.C20H13ClF4N4O4.C5H12N2/c26-17-4-6-19(7-5-17)36-22(15-10-16(25(28,29)30)12-18(27)11-15)21(39-24(36)38)14-35-13-20(31-33-35)23(37)32-34-8-2-1-3-9-34;21-12-1-3-14(4-2-12)29-17(10-5-11(20(23,24)25)7-13(22)6-10)16(33-19(29)32)9-28-8-15(18(30)31)26-27-28;6-7-4-2-1-3-5-7/h4-7,10-13,21-22H,1-3,8-9,14H2,(H,32,37);1-8,16-17H,9H2,(H,30,31);1-6H2/t21-,22-;16-,17-;/m00./s1. The van der Waals surface area contributed by atoms with Crippen molar-refractivity contribution in [2.24, 2.45) is 5.84 Å². The van der Waals surface area contributed by atoms with Gasteiger partial charge in [-0.2, -0.15) is 26.3 Å². The Hall–Kier alpha value is -7.46. The van der Waals surface area contributed by atoms with Crippen LogP contribution in [0.5, 0.6) is 0 Å². The molecule has 4 aromatic carbocycles. The molecule has 4 saturated heterocycles. The van der Waals surface area contributed by atoms with Crippen LogP contribution < -0.4 is 21.1 Å². The molecule has 10 rings (SSSR count). The number of nitrogens with two attached hydrogens (primary N) is 1. The molecule has 0 unspecified atom stereocenters. The highest BCUT2D eigenvalue weighted by Gasteiger charge is 2.47. The monoisotopic (exact) mass is 1150 g/mol. The third kappa shape index (κ3) is 14.6. The number of rotatable bonds is 11. The molecule has 0 aliphatic carbocycles. The number of halogens is 10. The first-order valence-corrected chi connectivity index (χ1v) is 25.1. The Morgan fingerprint density at radius 3 is 1.41 bits per heavy atom. The van der Waals surface area contributed by atoms with Gasteiger partial charge in [-0.05, 0) is 122 Å². The van der Waals surface area contributed by atoms with Crippen LogP contribution in [0, 0.1) is 11.6 Å². The van der Waals surface area contributed by atoms with Gasteiger partial charge < -0.3 is 14.6 Å². The third-order valence-corrected chi connectivity index (χ3v) is 13.3. The summed E-state index contributed by atoms with van der Waals surface area (Å²) in [6.45, 7) is 3.21. The van der Waals surface area contributed by atoms with E-state index in [9.17, 15) is 54.3 Å². The lowest BCUT2D eigenvalue weighted by Gasteiger charge is -2.26. The number of carbonyl (C=O) groups is 4. The molecule has 4 N–H and O–H groups in total. The number of benzene rings is 4. The Kier molecular flexibility index (Phi) is 18.0. The summed E-state index contributed by atoms with van der Waals surface area (Å²) in [6, 6.07) is 13.6. The maximum Gasteiger partial charge on any atom is 0.416 e. The molecular formula is C50H48Cl2F8N12O7. The zero-order chi connectivity index (χ0) is 56.8. The molecule has 4 aliphatic heterocycles. The molecular weight excluding hydrogens is 1100 g/mol. The fourth-order valence-corrected chi connectivity index (χ4v) is 9.41. The minimum absolute atomic E-state index is 0.0149. The number of amides is 3. The van der Waals surface area contributed by atoms with E-state index in [-0.39, 0.29) is 47.0 Å². The average Bonchev–Trinajstić information content (AvgIpc) is 4.25. The first kappa shape index (κ1) is 57.7. The van der Waals surface area contributed by atoms with Gasteiger partial charge >= 0.3 is 30.5 Å². The predicted octanol–water partition coefficient (Wildman–Crippen LogP) is 9.89. The molecule has 4 aliphatic rings. The number of carboxylic acids is 1. The molecule has 79 heavy (non-hydrogen) atoms. The van der Waals surface area contributed by atoms with E-state index in [0.29, 0.717) is 35.3 Å². The molecule has 6 aromatic rings. The minimum Gasteiger partial charge on any atom is -0.476 e. The Balaban J connectivity index is 0.000000187. The number of hydrogen-bond donors (Lipinski definition) is 3. The van der Waals surface area contributed by atoms with Crippen molar-refractivity contribution < 1.29 is 68.9 Å². The van der Waals surface area contributed by atoms with Crippen molar-refractivity contribution in [2.45, 2.75) is 88.3 Å². The van der Waals surface area contributed by atoms with E-state index in [1.54, 1.807) is 5.01 Å². The van der Waals surface area contributed by atoms with Gasteiger partial charge in [-0.3, -0.25) is 25.9 Å². The van der Waals surface area contributed by atoms with Gasteiger partial charge in [0, 0.05) is 47.6 Å². The fourth-order valence-electron chi connectivity index (χ4n) is 9.16. The van der Waals surface area contributed by atoms with Crippen molar-refractivity contribution in [3.8, 4) is 0 Å². The highest BCUT2D eigenvalue weighted by Crippen LogP contribution is 2.43. The number of cyclic esters (lactones) is 2. The quantitative estimate of drug-likeness (QED) is 0.0812. The van der Waals surface area contributed by atoms with Crippen LogP contribution in [0.3, 0.4) is 0 Å². The summed E-state index contributed by atoms with van der Waals surface area (Å²) in [5.41, 5.74) is 0.199. The molecule has 0 spiro atoms. The van der Waals surface area contributed by atoms with Gasteiger partial charge in [0.25, 0.3) is 5.91 Å². The lowest BCUT2D eigenvalue weighted by Crippen LogP contribution is -2.45. The van der Waals surface area contributed by atoms with Crippen molar-refractivity contribution in [1.82, 2.24) is 45.4 Å². The van der Waals surface area contributed by atoms with Crippen LogP contribution in [0.25, 0.3) is 0 Å². The number of nitrogens with one attached hydrogen (secondary N) is 1. The Morgan fingerprint density at radius 1 is 0.620 bits per heavy atom. The summed E-state index contributed by atoms with van der Waals surface area (Å²) in [5.74, 6) is 1.39. The topological polar surface area (TPSA) is 219 Å². The second-order valence-electron chi connectivity index (χ2n) is 18.5. The molecule has 0 radical (unpaired) electrons. The van der Waals surface area contributed by atoms with E-state index < -0.39 is 83.5 Å². The average molecular weight is 1150 g/mol. The zero-order valence-corrected chi connectivity index (χ0v) is 42.8. The maximum absolute atomic E-state index is 14.4. The molecule has 4 fully saturated rings. The molecule has 29 heteroatoms. The van der Waals surface area contributed by atoms with Crippen LogP contribution >= 0.6 is 23.2 Å². The normalized spacial score (nSPS) is 19.9. The zero-order valence-electron chi connectivity index (χ0n) is 41.3. The van der Waals surface area contributed by atoms with Gasteiger partial charge in [-0.1, -0.05) is 46.5 Å². The van der Waals surface area contributed by atoms with Crippen molar-refractivity contribution in [2.75, 3.05) is 36.0 Å². The summed E-state index contributed by atoms with van der Waals surface area (Å²) in [5, 5.41) is 28.4. The van der Waals surface area contributed by atoms with Gasteiger partial charge in [-0.25, -0.2) is 42.5 Å². The van der Waals surface area contributed by atoms with Crippen LogP contribution in [0.1, 0.15) is 93.8 Å². The first-order valence-electron chi connectivity index (χ1n) is 24.4.